The van der Waals surface area contributed by atoms with Crippen LogP contribution in [0.1, 0.15) is 31.2 Å². The third-order valence-corrected chi connectivity index (χ3v) is 3.78. The fourth-order valence-corrected chi connectivity index (χ4v) is 2.74. The summed E-state index contributed by atoms with van der Waals surface area (Å²) in [5, 5.41) is 8.93. The summed E-state index contributed by atoms with van der Waals surface area (Å²) in [5.74, 6) is -3.24. The molecule has 1 fully saturated rings. The Bertz CT molecular complexity index is 521. The lowest BCUT2D eigenvalue weighted by Crippen LogP contribution is -2.43. The molecule has 0 heterocycles. The molecule has 1 aromatic carbocycles. The number of benzene rings is 1. The summed E-state index contributed by atoms with van der Waals surface area (Å²) in [6.45, 7) is -0.431. The molecule has 1 amide bonds. The van der Waals surface area contributed by atoms with Gasteiger partial charge in [0.1, 0.15) is 18.2 Å². The van der Waals surface area contributed by atoms with Crippen LogP contribution < -0.4 is 0 Å². The highest BCUT2D eigenvalue weighted by Crippen LogP contribution is 2.24. The van der Waals surface area contributed by atoms with Crippen molar-refractivity contribution >= 4 is 11.9 Å². The lowest BCUT2D eigenvalue weighted by molar-refractivity contribution is -0.145. The van der Waals surface area contributed by atoms with E-state index in [-0.39, 0.29) is 11.6 Å². The van der Waals surface area contributed by atoms with Gasteiger partial charge in [-0.05, 0) is 25.0 Å². The molecule has 114 valence electrons. The second-order valence-electron chi connectivity index (χ2n) is 5.23. The predicted molar refractivity (Wildman–Crippen MR) is 71.7 cm³/mol. The van der Waals surface area contributed by atoms with Crippen molar-refractivity contribution in [3.8, 4) is 0 Å². The van der Waals surface area contributed by atoms with Crippen LogP contribution in [-0.4, -0.2) is 34.5 Å². The molecule has 0 radical (unpaired) electrons. The van der Waals surface area contributed by atoms with Gasteiger partial charge in [0.15, 0.2) is 0 Å². The van der Waals surface area contributed by atoms with Crippen LogP contribution in [0.2, 0.25) is 0 Å². The lowest BCUT2D eigenvalue weighted by atomic mass is 10.1. The number of hydrogen-bond acceptors (Lipinski definition) is 2. The first-order chi connectivity index (χ1) is 9.99. The van der Waals surface area contributed by atoms with Crippen molar-refractivity contribution in [3.63, 3.8) is 0 Å². The Morgan fingerprint density at radius 2 is 1.76 bits per heavy atom. The molecule has 0 spiro atoms. The normalized spacial score (nSPS) is 15.1. The average molecular weight is 297 g/mol. The van der Waals surface area contributed by atoms with Crippen molar-refractivity contribution in [2.24, 2.45) is 0 Å². The molecule has 0 aliphatic heterocycles. The van der Waals surface area contributed by atoms with Gasteiger partial charge in [0.05, 0.1) is 6.42 Å². The zero-order valence-electron chi connectivity index (χ0n) is 11.5. The standard InChI is InChI=1S/C15H17F2NO3/c16-12-6-3-7-13(17)11(12)8-14(19)18(9-15(20)21)10-4-1-2-5-10/h3,6-7,10H,1-2,4-5,8-9H2,(H,20,21). The van der Waals surface area contributed by atoms with Crippen LogP contribution >= 0.6 is 0 Å². The van der Waals surface area contributed by atoms with Crippen LogP contribution in [0.3, 0.4) is 0 Å². The number of aliphatic carboxylic acids is 1. The van der Waals surface area contributed by atoms with E-state index in [4.69, 9.17) is 5.11 Å². The lowest BCUT2D eigenvalue weighted by Gasteiger charge is -2.27. The van der Waals surface area contributed by atoms with Gasteiger partial charge in [-0.2, -0.15) is 0 Å². The minimum atomic E-state index is -1.12. The summed E-state index contributed by atoms with van der Waals surface area (Å²) in [4.78, 5) is 24.4. The third kappa shape index (κ3) is 3.77. The summed E-state index contributed by atoms with van der Waals surface area (Å²) in [6.07, 6.45) is 2.88. The minimum Gasteiger partial charge on any atom is -0.480 e. The second kappa shape index (κ2) is 6.65. The molecule has 0 aromatic heterocycles. The molecule has 0 saturated heterocycles. The molecule has 1 N–H and O–H groups in total. The molecule has 0 bridgehead atoms. The molecule has 6 heteroatoms. The van der Waals surface area contributed by atoms with E-state index in [0.717, 1.165) is 37.8 Å². The quantitative estimate of drug-likeness (QED) is 0.907. The maximum absolute atomic E-state index is 13.6. The van der Waals surface area contributed by atoms with Crippen LogP contribution in [0.4, 0.5) is 8.78 Å². The first kappa shape index (κ1) is 15.4. The van der Waals surface area contributed by atoms with Crippen LogP contribution in [0.25, 0.3) is 0 Å². The van der Waals surface area contributed by atoms with Crippen molar-refractivity contribution in [2.75, 3.05) is 6.54 Å². The number of carboxylic acids is 1. The Hall–Kier alpha value is -1.98. The molecule has 1 aliphatic carbocycles. The number of amides is 1. The second-order valence-corrected chi connectivity index (χ2v) is 5.23. The summed E-state index contributed by atoms with van der Waals surface area (Å²) < 4.78 is 27.2. The highest BCUT2D eigenvalue weighted by atomic mass is 19.1. The van der Waals surface area contributed by atoms with Gasteiger partial charge in [-0.3, -0.25) is 9.59 Å². The Morgan fingerprint density at radius 1 is 1.19 bits per heavy atom. The maximum atomic E-state index is 13.6. The Balaban J connectivity index is 2.16. The Morgan fingerprint density at radius 3 is 2.29 bits per heavy atom. The smallest absolute Gasteiger partial charge is 0.323 e. The largest absolute Gasteiger partial charge is 0.480 e. The van der Waals surface area contributed by atoms with Crippen molar-refractivity contribution in [3.05, 3.63) is 35.4 Å². The van der Waals surface area contributed by atoms with Gasteiger partial charge in [-0.15, -0.1) is 0 Å². The van der Waals surface area contributed by atoms with E-state index in [1.54, 1.807) is 0 Å². The van der Waals surface area contributed by atoms with Crippen molar-refractivity contribution in [1.82, 2.24) is 4.90 Å². The van der Waals surface area contributed by atoms with Gasteiger partial charge in [0.2, 0.25) is 5.91 Å². The fraction of sp³-hybridized carbons (Fsp3) is 0.467. The number of rotatable bonds is 5. The number of carboxylic acid groups (broad SMARTS) is 1. The van der Waals surface area contributed by atoms with E-state index in [0.29, 0.717) is 0 Å². The van der Waals surface area contributed by atoms with E-state index in [1.165, 1.54) is 11.0 Å². The van der Waals surface area contributed by atoms with E-state index in [9.17, 15) is 18.4 Å². The highest BCUT2D eigenvalue weighted by molar-refractivity contribution is 5.83. The molecule has 0 unspecified atom stereocenters. The first-order valence-corrected chi connectivity index (χ1v) is 6.93. The maximum Gasteiger partial charge on any atom is 0.323 e. The fourth-order valence-electron chi connectivity index (χ4n) is 2.74. The van der Waals surface area contributed by atoms with Crippen molar-refractivity contribution in [1.29, 1.82) is 0 Å². The predicted octanol–water partition coefficient (Wildman–Crippen LogP) is 2.36. The zero-order chi connectivity index (χ0) is 15.4. The average Bonchev–Trinajstić information content (AvgIpc) is 2.93. The molecule has 0 atom stereocenters. The van der Waals surface area contributed by atoms with Crippen molar-refractivity contribution < 1.29 is 23.5 Å². The van der Waals surface area contributed by atoms with Crippen LogP contribution in [-0.2, 0) is 16.0 Å². The SMILES string of the molecule is O=C(O)CN(C(=O)Cc1c(F)cccc1F)C1CCCC1. The molecule has 4 nitrogen and oxygen atoms in total. The monoisotopic (exact) mass is 297 g/mol. The molecule has 1 aromatic rings. The van der Waals surface area contributed by atoms with Gasteiger partial charge >= 0.3 is 5.97 Å². The number of carbonyl (C=O) groups excluding carboxylic acids is 1. The summed E-state index contributed by atoms with van der Waals surface area (Å²) in [6, 6.07) is 3.25. The minimum absolute atomic E-state index is 0.150. The summed E-state index contributed by atoms with van der Waals surface area (Å²) in [7, 11) is 0. The first-order valence-electron chi connectivity index (χ1n) is 6.93. The number of carbonyl (C=O) groups is 2. The van der Waals surface area contributed by atoms with Gasteiger partial charge in [0.25, 0.3) is 0 Å². The van der Waals surface area contributed by atoms with E-state index in [2.05, 4.69) is 0 Å². The molecular weight excluding hydrogens is 280 g/mol. The van der Waals surface area contributed by atoms with E-state index in [1.807, 2.05) is 0 Å². The summed E-state index contributed by atoms with van der Waals surface area (Å²) in [5.41, 5.74) is -0.309. The number of hydrogen-bond donors (Lipinski definition) is 1. The molecule has 2 rings (SSSR count). The van der Waals surface area contributed by atoms with Crippen LogP contribution in [0.15, 0.2) is 18.2 Å². The van der Waals surface area contributed by atoms with Gasteiger partial charge < -0.3 is 10.0 Å². The number of halogens is 2. The highest BCUT2D eigenvalue weighted by Gasteiger charge is 2.29. The summed E-state index contributed by atoms with van der Waals surface area (Å²) >= 11 is 0. The molecule has 1 saturated carbocycles. The molecule has 21 heavy (non-hydrogen) atoms. The van der Waals surface area contributed by atoms with E-state index < -0.39 is 36.5 Å². The molecular formula is C15H17F2NO3. The van der Waals surface area contributed by atoms with Crippen LogP contribution in [0.5, 0.6) is 0 Å². The van der Waals surface area contributed by atoms with Gasteiger partial charge in [0, 0.05) is 11.6 Å². The van der Waals surface area contributed by atoms with Gasteiger partial charge in [-0.25, -0.2) is 8.78 Å². The topological polar surface area (TPSA) is 57.6 Å². The third-order valence-electron chi connectivity index (χ3n) is 3.78. The molecule has 1 aliphatic rings. The zero-order valence-corrected chi connectivity index (χ0v) is 11.5. The number of nitrogens with zero attached hydrogens (tertiary/aromatic N) is 1. The Kier molecular flexibility index (Phi) is 4.88. The Labute approximate surface area is 121 Å². The van der Waals surface area contributed by atoms with Gasteiger partial charge in [-0.1, -0.05) is 18.9 Å². The van der Waals surface area contributed by atoms with Crippen LogP contribution in [0, 0.1) is 11.6 Å². The van der Waals surface area contributed by atoms with E-state index >= 15 is 0 Å². The van der Waals surface area contributed by atoms with Crippen molar-refractivity contribution in [2.45, 2.75) is 38.1 Å².